The molecule has 6 heteroatoms. The van der Waals surface area contributed by atoms with Gasteiger partial charge in [-0.05, 0) is 6.92 Å². The molecular weight excluding hydrogens is 201 g/mol. The molecule has 0 saturated carbocycles. The Morgan fingerprint density at radius 1 is 1.50 bits per heavy atom. The minimum absolute atomic E-state index is 0.0322. The van der Waals surface area contributed by atoms with E-state index in [1.165, 1.54) is 6.92 Å². The topological polar surface area (TPSA) is 43.4 Å². The number of esters is 1. The molecule has 0 aromatic carbocycles. The molecule has 0 aliphatic carbocycles. The third-order valence-electron chi connectivity index (χ3n) is 1.56. The lowest BCUT2D eigenvalue weighted by Gasteiger charge is -2.16. The van der Waals surface area contributed by atoms with Crippen LogP contribution in [0.5, 0.6) is 0 Å². The average Bonchev–Trinajstić information content (AvgIpc) is 2.02. The van der Waals surface area contributed by atoms with Crippen LogP contribution in [0.4, 0.5) is 13.2 Å². The molecule has 0 aliphatic rings. The van der Waals surface area contributed by atoms with Gasteiger partial charge in [-0.1, -0.05) is 0 Å². The molecule has 0 aromatic heterocycles. The second-order valence-electron chi connectivity index (χ2n) is 2.65. The third-order valence-corrected chi connectivity index (χ3v) is 1.56. The minimum Gasteiger partial charge on any atom is -0.466 e. The molecule has 3 nitrogen and oxygen atoms in total. The Hall–Kier alpha value is -1.07. The Morgan fingerprint density at radius 3 is 2.43 bits per heavy atom. The zero-order valence-electron chi connectivity index (χ0n) is 7.63. The Balaban J connectivity index is 4.23. The number of alkyl halides is 3. The van der Waals surface area contributed by atoms with E-state index < -0.39 is 30.9 Å². The third kappa shape index (κ3) is 4.84. The molecule has 0 radical (unpaired) electrons. The average molecular weight is 212 g/mol. The molecule has 0 bridgehead atoms. The number of carbonyl (C=O) groups excluding carboxylic acids is 2. The zero-order valence-corrected chi connectivity index (χ0v) is 7.63. The van der Waals surface area contributed by atoms with Gasteiger partial charge in [-0.15, -0.1) is 0 Å². The fourth-order valence-electron chi connectivity index (χ4n) is 0.870. The smallest absolute Gasteiger partial charge is 0.392 e. The van der Waals surface area contributed by atoms with Crippen molar-refractivity contribution in [2.45, 2.75) is 25.9 Å². The van der Waals surface area contributed by atoms with Crippen molar-refractivity contribution in [3.05, 3.63) is 0 Å². The monoisotopic (exact) mass is 212 g/mol. The van der Waals surface area contributed by atoms with E-state index >= 15 is 0 Å². The maximum atomic E-state index is 12.1. The van der Waals surface area contributed by atoms with Crippen molar-refractivity contribution in [2.24, 2.45) is 5.92 Å². The molecule has 0 amide bonds. The summed E-state index contributed by atoms with van der Waals surface area (Å²) in [7, 11) is 0. The molecular formula is C8H11F3O3. The predicted molar refractivity (Wildman–Crippen MR) is 41.5 cm³/mol. The van der Waals surface area contributed by atoms with Gasteiger partial charge in [0.25, 0.3) is 0 Å². The van der Waals surface area contributed by atoms with Crippen LogP contribution in [0.2, 0.25) is 0 Å². The van der Waals surface area contributed by atoms with E-state index in [9.17, 15) is 22.8 Å². The van der Waals surface area contributed by atoms with Crippen LogP contribution in [0.15, 0.2) is 0 Å². The summed E-state index contributed by atoms with van der Waals surface area (Å²) in [5.74, 6) is -2.87. The fourth-order valence-corrected chi connectivity index (χ4v) is 0.870. The standard InChI is InChI=1S/C8H11F3O3/c1-2-14-7(13)5-6(3-4-12)8(9,10)11/h4,6H,2-3,5H2,1H3. The van der Waals surface area contributed by atoms with Gasteiger partial charge in [-0.3, -0.25) is 4.79 Å². The lowest BCUT2D eigenvalue weighted by molar-refractivity contribution is -0.185. The zero-order chi connectivity index (χ0) is 11.2. The summed E-state index contributed by atoms with van der Waals surface area (Å²) in [4.78, 5) is 20.7. The van der Waals surface area contributed by atoms with Gasteiger partial charge in [0.15, 0.2) is 0 Å². The van der Waals surface area contributed by atoms with Gasteiger partial charge >= 0.3 is 12.1 Å². The van der Waals surface area contributed by atoms with Crippen LogP contribution in [-0.4, -0.2) is 25.0 Å². The first-order valence-electron chi connectivity index (χ1n) is 4.07. The van der Waals surface area contributed by atoms with Gasteiger partial charge in [0.2, 0.25) is 0 Å². The predicted octanol–water partition coefficient (Wildman–Crippen LogP) is 1.71. The van der Waals surface area contributed by atoms with E-state index in [0.29, 0.717) is 0 Å². The Bertz CT molecular complexity index is 200. The number of halogens is 3. The molecule has 0 aromatic rings. The number of rotatable bonds is 5. The molecule has 0 fully saturated rings. The molecule has 1 unspecified atom stereocenters. The van der Waals surface area contributed by atoms with Gasteiger partial charge in [0, 0.05) is 6.42 Å². The first-order valence-corrected chi connectivity index (χ1v) is 4.07. The van der Waals surface area contributed by atoms with E-state index in [1.807, 2.05) is 0 Å². The minimum atomic E-state index is -4.53. The quantitative estimate of drug-likeness (QED) is 0.514. The first-order chi connectivity index (χ1) is 6.41. The van der Waals surface area contributed by atoms with Crippen LogP contribution >= 0.6 is 0 Å². The molecule has 0 saturated heterocycles. The van der Waals surface area contributed by atoms with Crippen LogP contribution in [0.1, 0.15) is 19.8 Å². The Morgan fingerprint density at radius 2 is 2.07 bits per heavy atom. The number of ether oxygens (including phenoxy) is 1. The number of hydrogen-bond donors (Lipinski definition) is 0. The second kappa shape index (κ2) is 5.62. The molecule has 14 heavy (non-hydrogen) atoms. The molecule has 0 spiro atoms. The van der Waals surface area contributed by atoms with Crippen molar-refractivity contribution in [1.29, 1.82) is 0 Å². The lowest BCUT2D eigenvalue weighted by Crippen LogP contribution is -2.26. The highest BCUT2D eigenvalue weighted by atomic mass is 19.4. The van der Waals surface area contributed by atoms with E-state index in [0.717, 1.165) is 0 Å². The van der Waals surface area contributed by atoms with Gasteiger partial charge < -0.3 is 9.53 Å². The summed E-state index contributed by atoms with van der Waals surface area (Å²) >= 11 is 0. The summed E-state index contributed by atoms with van der Waals surface area (Å²) < 4.78 is 40.8. The summed E-state index contributed by atoms with van der Waals surface area (Å²) in [5, 5.41) is 0. The van der Waals surface area contributed by atoms with Gasteiger partial charge in [-0.25, -0.2) is 0 Å². The summed E-state index contributed by atoms with van der Waals surface area (Å²) in [5.41, 5.74) is 0. The van der Waals surface area contributed by atoms with Crippen molar-refractivity contribution in [3.63, 3.8) is 0 Å². The van der Waals surface area contributed by atoms with Crippen molar-refractivity contribution < 1.29 is 27.5 Å². The highest BCUT2D eigenvalue weighted by molar-refractivity contribution is 5.70. The van der Waals surface area contributed by atoms with Gasteiger partial charge in [-0.2, -0.15) is 13.2 Å². The highest BCUT2D eigenvalue weighted by Gasteiger charge is 2.40. The summed E-state index contributed by atoms with van der Waals surface area (Å²) in [6, 6.07) is 0. The maximum Gasteiger partial charge on any atom is 0.392 e. The molecule has 82 valence electrons. The van der Waals surface area contributed by atoms with Crippen molar-refractivity contribution in [2.75, 3.05) is 6.61 Å². The van der Waals surface area contributed by atoms with Crippen molar-refractivity contribution in [1.82, 2.24) is 0 Å². The number of carbonyl (C=O) groups is 2. The lowest BCUT2D eigenvalue weighted by atomic mass is 10.0. The Labute approximate surface area is 79.2 Å². The van der Waals surface area contributed by atoms with Crippen molar-refractivity contribution in [3.8, 4) is 0 Å². The SMILES string of the molecule is CCOC(=O)CC(CC=O)C(F)(F)F. The van der Waals surface area contributed by atoms with E-state index in [2.05, 4.69) is 4.74 Å². The highest BCUT2D eigenvalue weighted by Crippen LogP contribution is 2.30. The van der Waals surface area contributed by atoms with Gasteiger partial charge in [0.05, 0.1) is 18.9 Å². The van der Waals surface area contributed by atoms with Crippen LogP contribution in [0, 0.1) is 5.92 Å². The van der Waals surface area contributed by atoms with Gasteiger partial charge in [0.1, 0.15) is 6.29 Å². The summed E-state index contributed by atoms with van der Waals surface area (Å²) in [6.45, 7) is 1.53. The number of hydrogen-bond acceptors (Lipinski definition) is 3. The van der Waals surface area contributed by atoms with Crippen LogP contribution in [0.3, 0.4) is 0 Å². The first kappa shape index (κ1) is 12.9. The number of aldehydes is 1. The summed E-state index contributed by atoms with van der Waals surface area (Å²) in [6.07, 6.45) is -5.89. The molecule has 0 aliphatic heterocycles. The largest absolute Gasteiger partial charge is 0.466 e. The normalized spacial score (nSPS) is 13.4. The molecule has 0 N–H and O–H groups in total. The second-order valence-corrected chi connectivity index (χ2v) is 2.65. The fraction of sp³-hybridized carbons (Fsp3) is 0.750. The molecule has 1 atom stereocenters. The maximum absolute atomic E-state index is 12.1. The van der Waals surface area contributed by atoms with Crippen LogP contribution in [0.25, 0.3) is 0 Å². The Kier molecular flexibility index (Phi) is 5.19. The van der Waals surface area contributed by atoms with E-state index in [-0.39, 0.29) is 12.9 Å². The van der Waals surface area contributed by atoms with E-state index in [4.69, 9.17) is 0 Å². The van der Waals surface area contributed by atoms with Crippen molar-refractivity contribution >= 4 is 12.3 Å². The van der Waals surface area contributed by atoms with E-state index in [1.54, 1.807) is 0 Å². The molecule has 0 rings (SSSR count). The van der Waals surface area contributed by atoms with Crippen LogP contribution in [-0.2, 0) is 14.3 Å². The van der Waals surface area contributed by atoms with Crippen LogP contribution < -0.4 is 0 Å². The molecule has 0 heterocycles.